The van der Waals surface area contributed by atoms with Crippen molar-refractivity contribution < 1.29 is 0 Å². The molecule has 78 valence electrons. The summed E-state index contributed by atoms with van der Waals surface area (Å²) in [7, 11) is 0. The highest BCUT2D eigenvalue weighted by atomic mass is 32.2. The molecule has 0 fully saturated rings. The Morgan fingerprint density at radius 3 is 3.00 bits per heavy atom. The third kappa shape index (κ3) is 2.44. The largest absolute Gasteiger partial charge is 0.292 e. The average Bonchev–Trinajstić information content (AvgIpc) is 2.74. The molecule has 0 saturated heterocycles. The average molecular weight is 239 g/mol. The van der Waals surface area contributed by atoms with Crippen LogP contribution in [0.5, 0.6) is 0 Å². The predicted molar refractivity (Wildman–Crippen MR) is 60.8 cm³/mol. The second kappa shape index (κ2) is 4.56. The molecular weight excluding hydrogens is 230 g/mol. The minimum atomic E-state index is 0.416. The smallest absolute Gasteiger partial charge is 0.238 e. The van der Waals surface area contributed by atoms with E-state index in [9.17, 15) is 0 Å². The molecule has 0 aromatic carbocycles. The monoisotopic (exact) mass is 239 g/mol. The van der Waals surface area contributed by atoms with Gasteiger partial charge >= 0.3 is 0 Å². The fourth-order valence-corrected chi connectivity index (χ4v) is 2.52. The first kappa shape index (κ1) is 10.3. The van der Waals surface area contributed by atoms with Gasteiger partial charge in [-0.3, -0.25) is 5.43 Å². The predicted octanol–water partition coefficient (Wildman–Crippen LogP) is 1.68. The minimum absolute atomic E-state index is 0.416. The number of aryl methyl sites for hydroxylation is 1. The Labute approximate surface area is 95.1 Å². The molecule has 0 atom stereocenters. The molecule has 0 unspecified atom stereocenters. The van der Waals surface area contributed by atoms with E-state index < -0.39 is 0 Å². The Morgan fingerprint density at radius 1 is 1.47 bits per heavy atom. The first-order valence-electron chi connectivity index (χ1n) is 4.17. The standard InChI is InChI=1S/C8H9N5S2/c1-5-4-11-7(13-9)12-6(5)15-8-10-2-3-14-8/h2-4H,9H2,1H3,(H,11,12,13). The maximum Gasteiger partial charge on any atom is 0.238 e. The van der Waals surface area contributed by atoms with E-state index in [0.717, 1.165) is 14.9 Å². The number of thiazole rings is 1. The Hall–Kier alpha value is -1.18. The van der Waals surface area contributed by atoms with Crippen molar-refractivity contribution in [3.8, 4) is 0 Å². The van der Waals surface area contributed by atoms with Gasteiger partial charge in [-0.2, -0.15) is 0 Å². The molecular formula is C8H9N5S2. The SMILES string of the molecule is Cc1cnc(NN)nc1Sc1nccs1. The van der Waals surface area contributed by atoms with Crippen LogP contribution in [-0.4, -0.2) is 15.0 Å². The van der Waals surface area contributed by atoms with Crippen molar-refractivity contribution in [1.82, 2.24) is 15.0 Å². The quantitative estimate of drug-likeness (QED) is 0.482. The number of hydrogen-bond donors (Lipinski definition) is 2. The van der Waals surface area contributed by atoms with Gasteiger partial charge < -0.3 is 0 Å². The van der Waals surface area contributed by atoms with Crippen LogP contribution in [0, 0.1) is 6.92 Å². The highest BCUT2D eigenvalue weighted by molar-refractivity contribution is 8.01. The van der Waals surface area contributed by atoms with Crippen LogP contribution in [0.2, 0.25) is 0 Å². The summed E-state index contributed by atoms with van der Waals surface area (Å²) in [6.45, 7) is 1.95. The number of hydrazine groups is 1. The molecule has 0 aliphatic rings. The van der Waals surface area contributed by atoms with Gasteiger partial charge in [0.2, 0.25) is 5.95 Å². The van der Waals surface area contributed by atoms with Crippen LogP contribution in [0.25, 0.3) is 0 Å². The van der Waals surface area contributed by atoms with Crippen molar-refractivity contribution in [3.63, 3.8) is 0 Å². The number of hydrogen-bond acceptors (Lipinski definition) is 7. The third-order valence-electron chi connectivity index (χ3n) is 1.65. The zero-order valence-electron chi connectivity index (χ0n) is 7.97. The molecule has 2 aromatic rings. The van der Waals surface area contributed by atoms with Crippen LogP contribution in [0.3, 0.4) is 0 Å². The lowest BCUT2D eigenvalue weighted by atomic mass is 10.4. The van der Waals surface area contributed by atoms with Crippen molar-refractivity contribution >= 4 is 29.0 Å². The first-order chi connectivity index (χ1) is 7.29. The van der Waals surface area contributed by atoms with E-state index in [1.165, 1.54) is 11.8 Å². The summed E-state index contributed by atoms with van der Waals surface area (Å²) in [4.78, 5) is 12.4. The van der Waals surface area contributed by atoms with Crippen molar-refractivity contribution in [3.05, 3.63) is 23.3 Å². The molecule has 7 heteroatoms. The molecule has 5 nitrogen and oxygen atoms in total. The van der Waals surface area contributed by atoms with Crippen LogP contribution >= 0.6 is 23.1 Å². The summed E-state index contributed by atoms with van der Waals surface area (Å²) in [5.74, 6) is 5.66. The van der Waals surface area contributed by atoms with E-state index in [1.54, 1.807) is 23.7 Å². The van der Waals surface area contributed by atoms with Gasteiger partial charge in [0.1, 0.15) is 5.03 Å². The van der Waals surface area contributed by atoms with Crippen molar-refractivity contribution in [2.24, 2.45) is 5.84 Å². The van der Waals surface area contributed by atoms with Gasteiger partial charge in [-0.1, -0.05) is 0 Å². The molecule has 0 spiro atoms. The number of anilines is 1. The van der Waals surface area contributed by atoms with E-state index in [1.807, 2.05) is 12.3 Å². The topological polar surface area (TPSA) is 76.7 Å². The highest BCUT2D eigenvalue weighted by Crippen LogP contribution is 2.29. The van der Waals surface area contributed by atoms with E-state index in [2.05, 4.69) is 20.4 Å². The molecule has 0 amide bonds. The molecule has 0 aliphatic carbocycles. The Bertz CT molecular complexity index is 442. The van der Waals surface area contributed by atoms with Crippen molar-refractivity contribution in [2.45, 2.75) is 16.3 Å². The molecule has 2 aromatic heterocycles. The molecule has 0 saturated carbocycles. The normalized spacial score (nSPS) is 10.3. The van der Waals surface area contributed by atoms with Gasteiger partial charge in [-0.05, 0) is 18.7 Å². The molecule has 0 bridgehead atoms. The maximum absolute atomic E-state index is 5.24. The molecule has 3 N–H and O–H groups in total. The van der Waals surface area contributed by atoms with Gasteiger partial charge in [-0.25, -0.2) is 20.8 Å². The summed E-state index contributed by atoms with van der Waals surface area (Å²) in [5.41, 5.74) is 3.43. The number of nitrogen functional groups attached to an aromatic ring is 1. The molecule has 2 rings (SSSR count). The summed E-state index contributed by atoms with van der Waals surface area (Å²) in [6.07, 6.45) is 3.50. The number of rotatable bonds is 3. The van der Waals surface area contributed by atoms with Gasteiger partial charge in [0, 0.05) is 23.3 Å². The van der Waals surface area contributed by atoms with E-state index in [-0.39, 0.29) is 0 Å². The fraction of sp³-hybridized carbons (Fsp3) is 0.125. The highest BCUT2D eigenvalue weighted by Gasteiger charge is 2.06. The van der Waals surface area contributed by atoms with Crippen molar-refractivity contribution in [2.75, 3.05) is 5.43 Å². The van der Waals surface area contributed by atoms with Crippen molar-refractivity contribution in [1.29, 1.82) is 0 Å². The third-order valence-corrected chi connectivity index (χ3v) is 3.64. The summed E-state index contributed by atoms with van der Waals surface area (Å²) >= 11 is 3.09. The summed E-state index contributed by atoms with van der Waals surface area (Å²) in [5, 5.41) is 2.80. The van der Waals surface area contributed by atoms with Crippen LogP contribution in [-0.2, 0) is 0 Å². The summed E-state index contributed by atoms with van der Waals surface area (Å²) < 4.78 is 0.958. The maximum atomic E-state index is 5.24. The van der Waals surface area contributed by atoms with Crippen LogP contribution < -0.4 is 11.3 Å². The van der Waals surface area contributed by atoms with E-state index in [4.69, 9.17) is 5.84 Å². The zero-order chi connectivity index (χ0) is 10.7. The van der Waals surface area contributed by atoms with Crippen LogP contribution in [0.4, 0.5) is 5.95 Å². The Morgan fingerprint density at radius 2 is 2.33 bits per heavy atom. The van der Waals surface area contributed by atoms with Gasteiger partial charge in [0.05, 0.1) is 0 Å². The minimum Gasteiger partial charge on any atom is -0.292 e. The number of nitrogens with two attached hydrogens (primary N) is 1. The number of aromatic nitrogens is 3. The lowest BCUT2D eigenvalue weighted by Crippen LogP contribution is -2.10. The van der Waals surface area contributed by atoms with Gasteiger partial charge in [0.25, 0.3) is 0 Å². The van der Waals surface area contributed by atoms with Crippen LogP contribution in [0.15, 0.2) is 27.1 Å². The van der Waals surface area contributed by atoms with E-state index >= 15 is 0 Å². The lowest BCUT2D eigenvalue weighted by molar-refractivity contribution is 0.991. The van der Waals surface area contributed by atoms with Crippen LogP contribution in [0.1, 0.15) is 5.56 Å². The molecule has 2 heterocycles. The summed E-state index contributed by atoms with van der Waals surface area (Å²) in [6, 6.07) is 0. The Balaban J connectivity index is 2.27. The molecule has 15 heavy (non-hydrogen) atoms. The second-order valence-corrected chi connectivity index (χ2v) is 4.86. The molecule has 0 radical (unpaired) electrons. The van der Waals surface area contributed by atoms with Gasteiger partial charge in [0.15, 0.2) is 4.34 Å². The lowest BCUT2D eigenvalue weighted by Gasteiger charge is -2.03. The number of nitrogens with one attached hydrogen (secondary N) is 1. The van der Waals surface area contributed by atoms with Gasteiger partial charge in [-0.15, -0.1) is 11.3 Å². The van der Waals surface area contributed by atoms with E-state index in [0.29, 0.717) is 5.95 Å². The molecule has 0 aliphatic heterocycles. The number of nitrogens with zero attached hydrogens (tertiary/aromatic N) is 3. The fourth-order valence-electron chi connectivity index (χ4n) is 0.943. The second-order valence-electron chi connectivity index (χ2n) is 2.73. The Kier molecular flexibility index (Phi) is 3.14. The first-order valence-corrected chi connectivity index (χ1v) is 5.87. The zero-order valence-corrected chi connectivity index (χ0v) is 9.60.